The Morgan fingerprint density at radius 2 is 1.78 bits per heavy atom. The van der Waals surface area contributed by atoms with Crippen LogP contribution in [0, 0.1) is 0 Å². The highest BCUT2D eigenvalue weighted by molar-refractivity contribution is 6.29. The van der Waals surface area contributed by atoms with Crippen LogP contribution in [0.3, 0.4) is 0 Å². The van der Waals surface area contributed by atoms with E-state index in [1.165, 1.54) is 6.07 Å². The van der Waals surface area contributed by atoms with E-state index in [-0.39, 0.29) is 11.0 Å². The maximum absolute atomic E-state index is 12.2. The fourth-order valence-electron chi connectivity index (χ4n) is 1.85. The molecule has 146 valence electrons. The average Bonchev–Trinajstić information content (AvgIpc) is 2.51. The zero-order valence-corrected chi connectivity index (χ0v) is 15.5. The molecular weight excluding hydrogens is 387 g/mol. The Balaban J connectivity index is 2.08. The van der Waals surface area contributed by atoms with Gasteiger partial charge in [-0.05, 0) is 45.0 Å². The number of hydrogen-bond donors (Lipinski definition) is 1. The largest absolute Gasteiger partial charge is 0.456 e. The van der Waals surface area contributed by atoms with Crippen LogP contribution in [0.4, 0.5) is 24.7 Å². The fraction of sp³-hybridized carbons (Fsp3) is 0.353. The lowest BCUT2D eigenvalue weighted by Crippen LogP contribution is -2.23. The molecule has 0 amide bonds. The van der Waals surface area contributed by atoms with E-state index in [4.69, 9.17) is 16.3 Å². The summed E-state index contributed by atoms with van der Waals surface area (Å²) in [6.07, 6.45) is -4.52. The molecule has 27 heavy (non-hydrogen) atoms. The minimum absolute atomic E-state index is 0.0879. The predicted molar refractivity (Wildman–Crippen MR) is 93.5 cm³/mol. The maximum Gasteiger partial charge on any atom is 0.422 e. The second-order valence-corrected chi connectivity index (χ2v) is 6.85. The predicted octanol–water partition coefficient (Wildman–Crippen LogP) is 4.77. The zero-order chi connectivity index (χ0) is 20.2. The van der Waals surface area contributed by atoms with Gasteiger partial charge in [0.1, 0.15) is 16.6 Å². The molecule has 6 nitrogen and oxygen atoms in total. The van der Waals surface area contributed by atoms with E-state index in [0.29, 0.717) is 11.3 Å². The molecule has 0 aliphatic rings. The molecule has 0 aliphatic carbocycles. The lowest BCUT2D eigenvalue weighted by molar-refractivity contribution is -0.154. The van der Waals surface area contributed by atoms with E-state index < -0.39 is 30.4 Å². The number of nitrogens with zero attached hydrogens (tertiary/aromatic N) is 2. The van der Waals surface area contributed by atoms with Crippen molar-refractivity contribution in [2.45, 2.75) is 32.5 Å². The van der Waals surface area contributed by atoms with Gasteiger partial charge in [-0.3, -0.25) is 0 Å². The number of hydrogen-bond acceptors (Lipinski definition) is 6. The van der Waals surface area contributed by atoms with Crippen LogP contribution in [0.1, 0.15) is 31.1 Å². The normalized spacial score (nSPS) is 11.8. The van der Waals surface area contributed by atoms with Crippen LogP contribution in [0.5, 0.6) is 6.01 Å². The number of esters is 1. The minimum atomic E-state index is -4.52. The third-order valence-corrected chi connectivity index (χ3v) is 3.02. The molecule has 0 atom stereocenters. The summed E-state index contributed by atoms with van der Waals surface area (Å²) in [6.45, 7) is 3.76. The summed E-state index contributed by atoms with van der Waals surface area (Å²) in [4.78, 5) is 19.4. The number of nitrogens with one attached hydrogen (secondary N) is 1. The topological polar surface area (TPSA) is 73.3 Å². The molecule has 0 saturated heterocycles. The van der Waals surface area contributed by atoms with Crippen LogP contribution < -0.4 is 10.1 Å². The molecule has 0 spiro atoms. The highest BCUT2D eigenvalue weighted by Gasteiger charge is 2.29. The highest BCUT2D eigenvalue weighted by atomic mass is 35.5. The molecule has 2 rings (SSSR count). The van der Waals surface area contributed by atoms with Gasteiger partial charge in [0.05, 0.1) is 5.56 Å². The first-order chi connectivity index (χ1) is 12.4. The number of carbonyl (C=O) groups excluding carboxylic acids is 1. The molecule has 1 heterocycles. The lowest BCUT2D eigenvalue weighted by Gasteiger charge is -2.19. The van der Waals surface area contributed by atoms with Gasteiger partial charge in [0.25, 0.3) is 0 Å². The van der Waals surface area contributed by atoms with Gasteiger partial charge in [-0.25, -0.2) is 4.79 Å². The second-order valence-electron chi connectivity index (χ2n) is 6.47. The SMILES string of the molecule is CC(C)(C)OC(=O)c1ccc(Nc2cc(Cl)nc(OCC(F)(F)F)n2)cc1. The number of rotatable bonds is 5. The summed E-state index contributed by atoms with van der Waals surface area (Å²) in [5.74, 6) is -0.334. The third kappa shape index (κ3) is 7.30. The van der Waals surface area contributed by atoms with Crippen molar-refractivity contribution in [3.8, 4) is 6.01 Å². The summed E-state index contributed by atoms with van der Waals surface area (Å²) < 4.78 is 46.4. The second kappa shape index (κ2) is 7.99. The molecule has 2 aromatic rings. The molecule has 10 heteroatoms. The van der Waals surface area contributed by atoms with Gasteiger partial charge in [-0.2, -0.15) is 23.1 Å². The summed E-state index contributed by atoms with van der Waals surface area (Å²) in [5, 5.41) is 2.76. The van der Waals surface area contributed by atoms with E-state index in [2.05, 4.69) is 20.0 Å². The Hall–Kier alpha value is -2.55. The van der Waals surface area contributed by atoms with Crippen molar-refractivity contribution < 1.29 is 27.4 Å². The van der Waals surface area contributed by atoms with Crippen molar-refractivity contribution in [3.05, 3.63) is 41.0 Å². The number of anilines is 2. The third-order valence-electron chi connectivity index (χ3n) is 2.83. The Labute approximate surface area is 158 Å². The molecule has 0 fully saturated rings. The Morgan fingerprint density at radius 1 is 1.15 bits per heavy atom. The first-order valence-corrected chi connectivity index (χ1v) is 8.14. The lowest BCUT2D eigenvalue weighted by atomic mass is 10.1. The standard InChI is InChI=1S/C17H17ClF3N3O3/c1-16(2,3)27-14(25)10-4-6-11(7-5-10)22-13-8-12(18)23-15(24-13)26-9-17(19,20)21/h4-8H,9H2,1-3H3,(H,22,23,24). The number of carbonyl (C=O) groups is 1. The van der Waals surface area contributed by atoms with Gasteiger partial charge in [0, 0.05) is 11.8 Å². The van der Waals surface area contributed by atoms with Crippen LogP contribution in [-0.4, -0.2) is 34.3 Å². The zero-order valence-electron chi connectivity index (χ0n) is 14.7. The maximum atomic E-state index is 12.2. The van der Waals surface area contributed by atoms with Crippen LogP contribution in [0.15, 0.2) is 30.3 Å². The molecule has 0 radical (unpaired) electrons. The molecular formula is C17H17ClF3N3O3. The summed E-state index contributed by atoms with van der Waals surface area (Å²) in [5.41, 5.74) is 0.266. The van der Waals surface area contributed by atoms with E-state index in [1.54, 1.807) is 45.0 Å². The number of aromatic nitrogens is 2. The van der Waals surface area contributed by atoms with Crippen LogP contribution in [0.25, 0.3) is 0 Å². The average molecular weight is 404 g/mol. The van der Waals surface area contributed by atoms with Gasteiger partial charge in [-0.15, -0.1) is 0 Å². The van der Waals surface area contributed by atoms with E-state index in [9.17, 15) is 18.0 Å². The number of alkyl halides is 3. The van der Waals surface area contributed by atoms with Gasteiger partial charge in [0.15, 0.2) is 6.61 Å². The number of ether oxygens (including phenoxy) is 2. The molecule has 0 bridgehead atoms. The minimum Gasteiger partial charge on any atom is -0.456 e. The Morgan fingerprint density at radius 3 is 2.33 bits per heavy atom. The van der Waals surface area contributed by atoms with Crippen molar-refractivity contribution in [3.63, 3.8) is 0 Å². The molecule has 0 saturated carbocycles. The summed E-state index contributed by atoms with van der Waals surface area (Å²) >= 11 is 5.78. The smallest absolute Gasteiger partial charge is 0.422 e. The number of halogens is 4. The van der Waals surface area contributed by atoms with E-state index >= 15 is 0 Å². The van der Waals surface area contributed by atoms with Crippen LogP contribution in [0.2, 0.25) is 5.15 Å². The van der Waals surface area contributed by atoms with Gasteiger partial charge in [-0.1, -0.05) is 11.6 Å². The molecule has 1 aromatic heterocycles. The van der Waals surface area contributed by atoms with Crippen molar-refractivity contribution in [1.82, 2.24) is 9.97 Å². The van der Waals surface area contributed by atoms with Gasteiger partial charge < -0.3 is 14.8 Å². The van der Waals surface area contributed by atoms with Crippen molar-refractivity contribution in [2.75, 3.05) is 11.9 Å². The fourth-order valence-corrected chi connectivity index (χ4v) is 2.02. The quantitative estimate of drug-likeness (QED) is 0.572. The Bertz CT molecular complexity index is 806. The highest BCUT2D eigenvalue weighted by Crippen LogP contribution is 2.23. The van der Waals surface area contributed by atoms with Crippen LogP contribution in [-0.2, 0) is 4.74 Å². The van der Waals surface area contributed by atoms with Crippen LogP contribution >= 0.6 is 11.6 Å². The molecule has 1 N–H and O–H groups in total. The molecule has 0 aliphatic heterocycles. The van der Waals surface area contributed by atoms with Crippen molar-refractivity contribution in [1.29, 1.82) is 0 Å². The number of benzene rings is 1. The molecule has 1 aromatic carbocycles. The van der Waals surface area contributed by atoms with Crippen molar-refractivity contribution in [2.24, 2.45) is 0 Å². The van der Waals surface area contributed by atoms with Gasteiger partial charge in [0.2, 0.25) is 0 Å². The monoisotopic (exact) mass is 403 g/mol. The molecule has 0 unspecified atom stereocenters. The first-order valence-electron chi connectivity index (χ1n) is 7.76. The van der Waals surface area contributed by atoms with E-state index in [1.807, 2.05) is 0 Å². The van der Waals surface area contributed by atoms with Crippen molar-refractivity contribution >= 4 is 29.1 Å². The first kappa shape index (κ1) is 20.8. The van der Waals surface area contributed by atoms with E-state index in [0.717, 1.165) is 0 Å². The summed E-state index contributed by atoms with van der Waals surface area (Å²) in [7, 11) is 0. The van der Waals surface area contributed by atoms with Gasteiger partial charge >= 0.3 is 18.2 Å². The summed E-state index contributed by atoms with van der Waals surface area (Å²) in [6, 6.07) is 7.08. The Kier molecular flexibility index (Phi) is 6.15.